The molecule has 0 aromatic heterocycles. The van der Waals surface area contributed by atoms with Gasteiger partial charge in [0.1, 0.15) is 0 Å². The fraction of sp³-hybridized carbons (Fsp3) is 1.00. The Labute approximate surface area is 154 Å². The van der Waals surface area contributed by atoms with E-state index in [1.807, 2.05) is 0 Å². The highest BCUT2D eigenvalue weighted by atomic mass is 16.3. The van der Waals surface area contributed by atoms with Crippen LogP contribution in [0.15, 0.2) is 0 Å². The van der Waals surface area contributed by atoms with Crippen molar-refractivity contribution in [1.82, 2.24) is 5.32 Å². The molecule has 0 radical (unpaired) electrons. The zero-order valence-electron chi connectivity index (χ0n) is 16.4. The van der Waals surface area contributed by atoms with E-state index in [9.17, 15) is 5.11 Å². The quantitative estimate of drug-likeness (QED) is 0.678. The number of aliphatic hydroxyl groups is 2. The minimum atomic E-state index is -0.581. The van der Waals surface area contributed by atoms with Crippen LogP contribution in [0.4, 0.5) is 0 Å². The molecule has 0 spiro atoms. The molecule has 0 saturated heterocycles. The minimum absolute atomic E-state index is 0.0640. The summed E-state index contributed by atoms with van der Waals surface area (Å²) in [6.45, 7) is 6.41. The second kappa shape index (κ2) is 6.49. The Morgan fingerprint density at radius 3 is 2.52 bits per heavy atom. The highest BCUT2D eigenvalue weighted by molar-refractivity contribution is 5.14. The van der Waals surface area contributed by atoms with Gasteiger partial charge < -0.3 is 15.5 Å². The smallest absolute Gasteiger partial charge is 0.0827 e. The molecule has 0 aromatic rings. The fourth-order valence-electron chi connectivity index (χ4n) is 8.07. The molecule has 4 aliphatic rings. The lowest BCUT2D eigenvalue weighted by atomic mass is 9.44. The fourth-order valence-corrected chi connectivity index (χ4v) is 8.07. The van der Waals surface area contributed by atoms with Crippen molar-refractivity contribution in [3.05, 3.63) is 0 Å². The summed E-state index contributed by atoms with van der Waals surface area (Å²) in [6, 6.07) is 0. The Kier molecular flexibility index (Phi) is 4.74. The zero-order chi connectivity index (χ0) is 17.7. The first-order valence-corrected chi connectivity index (χ1v) is 11.0. The van der Waals surface area contributed by atoms with E-state index in [1.54, 1.807) is 0 Å². The number of aliphatic hydroxyl groups excluding tert-OH is 1. The molecule has 0 bridgehead atoms. The van der Waals surface area contributed by atoms with Crippen LogP contribution in [-0.2, 0) is 0 Å². The molecule has 4 aliphatic carbocycles. The van der Waals surface area contributed by atoms with Crippen LogP contribution in [0.2, 0.25) is 0 Å². The molecule has 3 N–H and O–H groups in total. The summed E-state index contributed by atoms with van der Waals surface area (Å²) in [5, 5.41) is 23.9. The second-order valence-corrected chi connectivity index (χ2v) is 10.3. The summed E-state index contributed by atoms with van der Waals surface area (Å²) < 4.78 is 0. The number of fused-ring (bicyclic) bond motifs is 5. The van der Waals surface area contributed by atoms with Gasteiger partial charge in [0.05, 0.1) is 12.2 Å². The molecule has 0 aromatic carbocycles. The standard InChI is InChI=1S/C22H39NO2/c1-20-10-4-3-5-16(20)6-7-17-18(20)8-11-21(2)19(17)9-12-22(21,25)15-23-13-14-24/h16-19,23-25H,3-15H2,1-2H3/t16-,17-,18+,19-,20+,21-,22-/m1/s1. The van der Waals surface area contributed by atoms with Gasteiger partial charge >= 0.3 is 0 Å². The number of rotatable bonds is 4. The molecule has 4 rings (SSSR count). The molecular weight excluding hydrogens is 310 g/mol. The summed E-state index contributed by atoms with van der Waals surface area (Å²) in [5.74, 6) is 3.41. The lowest BCUT2D eigenvalue weighted by Crippen LogP contribution is -2.58. The average Bonchev–Trinajstić information content (AvgIpc) is 2.86. The Hall–Kier alpha value is -0.120. The van der Waals surface area contributed by atoms with E-state index in [1.165, 1.54) is 57.8 Å². The van der Waals surface area contributed by atoms with Gasteiger partial charge in [-0.3, -0.25) is 0 Å². The van der Waals surface area contributed by atoms with Gasteiger partial charge in [-0.05, 0) is 80.5 Å². The van der Waals surface area contributed by atoms with Gasteiger partial charge in [0.2, 0.25) is 0 Å². The topological polar surface area (TPSA) is 52.5 Å². The molecule has 4 fully saturated rings. The van der Waals surface area contributed by atoms with Gasteiger partial charge in [0, 0.05) is 18.5 Å². The van der Waals surface area contributed by atoms with Crippen LogP contribution in [0.5, 0.6) is 0 Å². The van der Waals surface area contributed by atoms with E-state index in [2.05, 4.69) is 19.2 Å². The molecule has 0 amide bonds. The maximum Gasteiger partial charge on any atom is 0.0827 e. The van der Waals surface area contributed by atoms with E-state index in [0.29, 0.717) is 24.4 Å². The summed E-state index contributed by atoms with van der Waals surface area (Å²) in [7, 11) is 0. The van der Waals surface area contributed by atoms with Crippen LogP contribution < -0.4 is 5.32 Å². The lowest BCUT2D eigenvalue weighted by Gasteiger charge is -2.61. The molecule has 4 saturated carbocycles. The lowest BCUT2D eigenvalue weighted by molar-refractivity contribution is -0.150. The molecule has 144 valence electrons. The van der Waals surface area contributed by atoms with Crippen LogP contribution in [-0.4, -0.2) is 35.5 Å². The van der Waals surface area contributed by atoms with E-state index in [4.69, 9.17) is 5.11 Å². The molecule has 25 heavy (non-hydrogen) atoms. The van der Waals surface area contributed by atoms with Crippen LogP contribution in [0.3, 0.4) is 0 Å². The molecule has 0 unspecified atom stereocenters. The number of nitrogens with one attached hydrogen (secondary N) is 1. The molecule has 3 nitrogen and oxygen atoms in total. The third-order valence-electron chi connectivity index (χ3n) is 9.61. The first-order chi connectivity index (χ1) is 11.9. The second-order valence-electron chi connectivity index (χ2n) is 10.3. The largest absolute Gasteiger partial charge is 0.395 e. The van der Waals surface area contributed by atoms with Crippen LogP contribution in [0.1, 0.15) is 78.1 Å². The highest BCUT2D eigenvalue weighted by Gasteiger charge is 2.64. The van der Waals surface area contributed by atoms with Crippen molar-refractivity contribution in [2.75, 3.05) is 19.7 Å². The normalized spacial score (nSPS) is 52.3. The summed E-state index contributed by atoms with van der Waals surface area (Å²) in [6.07, 6.45) is 13.3. The van der Waals surface area contributed by atoms with Crippen LogP contribution >= 0.6 is 0 Å². The summed E-state index contributed by atoms with van der Waals surface area (Å²) in [4.78, 5) is 0. The molecule has 0 heterocycles. The number of hydrogen-bond donors (Lipinski definition) is 3. The highest BCUT2D eigenvalue weighted by Crippen LogP contribution is 2.68. The van der Waals surface area contributed by atoms with Crippen molar-refractivity contribution in [1.29, 1.82) is 0 Å². The van der Waals surface area contributed by atoms with Crippen LogP contribution in [0, 0.1) is 34.5 Å². The van der Waals surface area contributed by atoms with Crippen molar-refractivity contribution >= 4 is 0 Å². The van der Waals surface area contributed by atoms with Gasteiger partial charge in [-0.2, -0.15) is 0 Å². The van der Waals surface area contributed by atoms with E-state index >= 15 is 0 Å². The monoisotopic (exact) mass is 349 g/mol. The van der Waals surface area contributed by atoms with Gasteiger partial charge in [0.25, 0.3) is 0 Å². The van der Waals surface area contributed by atoms with Crippen molar-refractivity contribution < 1.29 is 10.2 Å². The minimum Gasteiger partial charge on any atom is -0.395 e. The van der Waals surface area contributed by atoms with Gasteiger partial charge in [0.15, 0.2) is 0 Å². The Morgan fingerprint density at radius 2 is 1.72 bits per heavy atom. The maximum absolute atomic E-state index is 11.5. The van der Waals surface area contributed by atoms with Crippen LogP contribution in [0.25, 0.3) is 0 Å². The van der Waals surface area contributed by atoms with E-state index in [0.717, 1.165) is 24.2 Å². The van der Waals surface area contributed by atoms with Crippen molar-refractivity contribution in [2.45, 2.75) is 83.7 Å². The molecular formula is C22H39NO2. The Bertz CT molecular complexity index is 496. The van der Waals surface area contributed by atoms with Crippen molar-refractivity contribution in [3.63, 3.8) is 0 Å². The first kappa shape index (κ1) is 18.3. The summed E-state index contributed by atoms with van der Waals surface area (Å²) in [5.41, 5.74) is 0.0644. The average molecular weight is 350 g/mol. The van der Waals surface area contributed by atoms with Crippen molar-refractivity contribution in [2.24, 2.45) is 34.5 Å². The third kappa shape index (κ3) is 2.63. The van der Waals surface area contributed by atoms with E-state index in [-0.39, 0.29) is 12.0 Å². The third-order valence-corrected chi connectivity index (χ3v) is 9.61. The zero-order valence-corrected chi connectivity index (χ0v) is 16.4. The number of hydrogen-bond acceptors (Lipinski definition) is 3. The van der Waals surface area contributed by atoms with Gasteiger partial charge in [-0.15, -0.1) is 0 Å². The first-order valence-electron chi connectivity index (χ1n) is 11.0. The molecule has 7 atom stereocenters. The maximum atomic E-state index is 11.5. The SMILES string of the molecule is C[C@]12CCCC[C@@H]1CC[C@H]1[C@H]3CC[C@@](O)(CNCCO)[C@]3(C)CC[C@@H]12. The predicted molar refractivity (Wildman–Crippen MR) is 101 cm³/mol. The van der Waals surface area contributed by atoms with Gasteiger partial charge in [-0.25, -0.2) is 0 Å². The Morgan fingerprint density at radius 1 is 0.920 bits per heavy atom. The molecule has 3 heteroatoms. The van der Waals surface area contributed by atoms with E-state index < -0.39 is 5.60 Å². The predicted octanol–water partition coefficient (Wildman–Crippen LogP) is 3.73. The summed E-state index contributed by atoms with van der Waals surface area (Å²) >= 11 is 0. The molecule has 0 aliphatic heterocycles. The Balaban J connectivity index is 1.55. The van der Waals surface area contributed by atoms with Crippen molar-refractivity contribution in [3.8, 4) is 0 Å². The van der Waals surface area contributed by atoms with Gasteiger partial charge in [-0.1, -0.05) is 26.7 Å².